The molecule has 11 aromatic carbocycles. The molecular formula is C107H100Cl5FN10O7S2. The smallest absolute Gasteiger partial charge is 0.253 e. The van der Waals surface area contributed by atoms with E-state index >= 15 is 0 Å². The Labute approximate surface area is 803 Å². The summed E-state index contributed by atoms with van der Waals surface area (Å²) in [4.78, 5) is 64.5. The molecule has 4 aliphatic rings. The fraction of sp³-hybridized carbons (Fsp3) is 0.252. The Morgan fingerprint density at radius 2 is 0.962 bits per heavy atom. The number of amides is 4. The summed E-state index contributed by atoms with van der Waals surface area (Å²) in [6.45, 7) is 6.72. The van der Waals surface area contributed by atoms with E-state index in [1.165, 1.54) is 58.5 Å². The molecule has 17 rings (SSSR count). The van der Waals surface area contributed by atoms with E-state index in [1.807, 2.05) is 114 Å². The highest BCUT2D eigenvalue weighted by Gasteiger charge is 2.42. The van der Waals surface area contributed by atoms with Crippen LogP contribution in [0.25, 0.3) is 43.1 Å². The van der Waals surface area contributed by atoms with Gasteiger partial charge in [0.05, 0.1) is 46.0 Å². The lowest BCUT2D eigenvalue weighted by atomic mass is 9.79. The number of nitrogens with one attached hydrogen (secondary N) is 4. The molecule has 5 heterocycles. The SMILES string of the molecule is CN(C)C(=O)c1cccc(-c2ccc(C3(NCC(=O)Nc4ccc(F)c(Cl)c4)CCN(C4CCCC4)CC3)cc2)c1.N#Cc1cccc(-c2ccc(C3(OCC(=O)Nc4cc(Cl)cc(Cl)c4)CCN(Cc4ccc(-c5cccs5)s4)CC3)cc2)c1.N#Cc1cccc(-c2ccc(C3(OCC(=O)Nc4cc(Cl)cc(Cl)c4)CCN(Cc4cccc(Oc5ccccc5)c4)CC3)cc2)c1. The fourth-order valence-electron chi connectivity index (χ4n) is 17.7. The Balaban J connectivity index is 0.000000152. The zero-order valence-electron chi connectivity index (χ0n) is 73.2. The number of thiophene rings is 2. The van der Waals surface area contributed by atoms with Crippen molar-refractivity contribution in [2.45, 2.75) is 100 Å². The van der Waals surface area contributed by atoms with Crippen molar-refractivity contribution in [1.82, 2.24) is 24.9 Å². The number of carbonyl (C=O) groups excluding carboxylic acids is 4. The van der Waals surface area contributed by atoms with Gasteiger partial charge in [-0.1, -0.05) is 216 Å². The van der Waals surface area contributed by atoms with Gasteiger partial charge in [0.15, 0.2) is 0 Å². The molecule has 0 spiro atoms. The molecule has 4 amide bonds. The van der Waals surface area contributed by atoms with Crippen LogP contribution in [0.5, 0.6) is 11.5 Å². The van der Waals surface area contributed by atoms with Crippen LogP contribution >= 0.6 is 80.7 Å². The minimum absolute atomic E-state index is 0.0248. The third-order valence-corrected chi connectivity index (χ3v) is 28.0. The summed E-state index contributed by atoms with van der Waals surface area (Å²) in [5.74, 6) is 0.299. The molecule has 4 fully saturated rings. The first-order valence-corrected chi connectivity index (χ1v) is 47.7. The molecule has 3 saturated heterocycles. The van der Waals surface area contributed by atoms with Crippen LogP contribution in [0.3, 0.4) is 0 Å². The van der Waals surface area contributed by atoms with E-state index in [1.54, 1.807) is 78.9 Å². The summed E-state index contributed by atoms with van der Waals surface area (Å²) in [6, 6.07) is 93.6. The monoisotopic (exact) mass is 1890 g/mol. The van der Waals surface area contributed by atoms with Gasteiger partial charge in [0.25, 0.3) is 5.91 Å². The van der Waals surface area contributed by atoms with Gasteiger partial charge in [0, 0.05) is 135 Å². The average molecular weight is 1900 g/mol. The van der Waals surface area contributed by atoms with Gasteiger partial charge in [-0.2, -0.15) is 10.5 Å². The largest absolute Gasteiger partial charge is 0.457 e. The molecule has 0 atom stereocenters. The molecule has 132 heavy (non-hydrogen) atoms. The molecule has 17 nitrogen and oxygen atoms in total. The van der Waals surface area contributed by atoms with Gasteiger partial charge in [-0.15, -0.1) is 22.7 Å². The normalized spacial score (nSPS) is 15.3. The van der Waals surface area contributed by atoms with E-state index in [9.17, 15) is 34.1 Å². The summed E-state index contributed by atoms with van der Waals surface area (Å²) < 4.78 is 32.7. The van der Waals surface area contributed by atoms with Crippen LogP contribution in [0, 0.1) is 28.5 Å². The van der Waals surface area contributed by atoms with E-state index < -0.39 is 17.0 Å². The Morgan fingerprint density at radius 3 is 1.48 bits per heavy atom. The minimum atomic E-state index is -0.662. The van der Waals surface area contributed by atoms with Gasteiger partial charge in [-0.25, -0.2) is 4.39 Å². The Bertz CT molecular complexity index is 6200. The van der Waals surface area contributed by atoms with Gasteiger partial charge < -0.3 is 40.0 Å². The Hall–Kier alpha value is -11.4. The molecule has 4 N–H and O–H groups in total. The topological polar surface area (TPSA) is 205 Å². The third kappa shape index (κ3) is 25.3. The standard InChI is InChI=1S/C39H33Cl2N3O3.C35H29Cl2N3O2S2.C33H38ClFN4O2/c40-33-22-34(41)24-35(23-33)43-38(45)27-46-39(32-14-12-30(13-15-32)31-8-4-6-28(20-31)25-42)16-18-44(19-17-39)26-29-7-5-11-37(21-29)47-36-9-2-1-3-10-36;36-28-18-29(37)20-30(19-28)39-34(41)23-42-35(27-8-6-25(7-9-27)26-4-1-3-24(17-26)21-38)12-14-40(15-13-35)22-31-10-11-33(44-31)32-5-2-16-43-32;1-38(2)32(41)25-7-5-6-24(20-25)23-10-12-26(13-11-23)33(16-18-39(19-17-33)28-8-3-4-9-28)36-22-31(40)37-27-14-15-30(35)29(34)21-27/h1-15,20-24H,16-19,26-27H2,(H,43,45);1-11,16-20H,12-15,22-23H2,(H,39,41);5-7,10-15,20-21,28,36H,3-4,8-9,16-19,22H2,1-2H3,(H,37,40). The number of nitriles is 2. The zero-order chi connectivity index (χ0) is 92.1. The fourth-order valence-corrected chi connectivity index (χ4v) is 20.9. The maximum absolute atomic E-state index is 13.6. The third-order valence-electron chi connectivity index (χ3n) is 24.7. The van der Waals surface area contributed by atoms with E-state index in [4.69, 9.17) is 72.2 Å². The minimum Gasteiger partial charge on any atom is -0.457 e. The van der Waals surface area contributed by atoms with Gasteiger partial charge >= 0.3 is 0 Å². The predicted octanol–water partition coefficient (Wildman–Crippen LogP) is 25.2. The van der Waals surface area contributed by atoms with Crippen LogP contribution in [-0.4, -0.2) is 122 Å². The summed E-state index contributed by atoms with van der Waals surface area (Å²) in [5.41, 5.74) is 12.1. The highest BCUT2D eigenvalue weighted by Crippen LogP contribution is 2.44. The first-order valence-electron chi connectivity index (χ1n) is 44.1. The zero-order valence-corrected chi connectivity index (χ0v) is 78.6. The molecule has 13 aromatic rings. The van der Waals surface area contributed by atoms with Gasteiger partial charge in [0.2, 0.25) is 17.7 Å². The highest BCUT2D eigenvalue weighted by molar-refractivity contribution is 7.21. The molecular weight excluding hydrogens is 1800 g/mol. The number of anilines is 3. The lowest BCUT2D eigenvalue weighted by Gasteiger charge is -2.45. The summed E-state index contributed by atoms with van der Waals surface area (Å²) >= 11 is 34.0. The second-order valence-corrected chi connectivity index (χ2v) is 38.1. The van der Waals surface area contributed by atoms with Crippen molar-refractivity contribution >= 4 is 121 Å². The molecule has 2 aromatic heterocycles. The van der Waals surface area contributed by atoms with Crippen molar-refractivity contribution < 1.29 is 37.8 Å². The average Bonchev–Trinajstić information content (AvgIpc) is 0.792. The number of piperidine rings is 3. The number of carbonyl (C=O) groups is 4. The lowest BCUT2D eigenvalue weighted by molar-refractivity contribution is -0.135. The quantitative estimate of drug-likeness (QED) is 0.0379. The molecule has 1 saturated carbocycles. The lowest BCUT2D eigenvalue weighted by Crippen LogP contribution is -2.54. The van der Waals surface area contributed by atoms with Crippen LogP contribution in [0.2, 0.25) is 25.1 Å². The van der Waals surface area contributed by atoms with Crippen LogP contribution < -0.4 is 26.0 Å². The van der Waals surface area contributed by atoms with Crippen LogP contribution in [0.15, 0.2) is 284 Å². The number of rotatable bonds is 27. The molecule has 3 aliphatic heterocycles. The molecule has 0 unspecified atom stereocenters. The predicted molar refractivity (Wildman–Crippen MR) is 531 cm³/mol. The first-order chi connectivity index (χ1) is 64.0. The van der Waals surface area contributed by atoms with Gasteiger partial charge in [-0.05, 0) is 246 Å². The molecule has 0 radical (unpaired) electrons. The summed E-state index contributed by atoms with van der Waals surface area (Å²) in [6.07, 6.45) is 9.84. The van der Waals surface area contributed by atoms with E-state index in [0.29, 0.717) is 72.7 Å². The summed E-state index contributed by atoms with van der Waals surface area (Å²) in [7, 11) is 3.51. The van der Waals surface area contributed by atoms with Crippen molar-refractivity contribution in [3.05, 3.63) is 359 Å². The van der Waals surface area contributed by atoms with Crippen molar-refractivity contribution in [2.24, 2.45) is 0 Å². The number of halogens is 6. The highest BCUT2D eigenvalue weighted by atomic mass is 35.5. The number of ether oxygens (including phenoxy) is 3. The molecule has 674 valence electrons. The molecule has 1 aliphatic carbocycles. The summed E-state index contributed by atoms with van der Waals surface area (Å²) in [5, 5.41) is 34.7. The maximum atomic E-state index is 13.6. The van der Waals surface area contributed by atoms with E-state index in [2.05, 4.69) is 163 Å². The molecule has 0 bridgehead atoms. The van der Waals surface area contributed by atoms with Crippen LogP contribution in [-0.2, 0) is 53.7 Å². The van der Waals surface area contributed by atoms with Gasteiger partial charge in [-0.3, -0.25) is 34.3 Å². The number of likely N-dealkylation sites (tertiary alicyclic amines) is 3. The number of hydrogen-bond donors (Lipinski definition) is 4. The van der Waals surface area contributed by atoms with Crippen molar-refractivity contribution in [2.75, 3.05) is 89.1 Å². The van der Waals surface area contributed by atoms with E-state index in [-0.39, 0.29) is 53.9 Å². The van der Waals surface area contributed by atoms with Gasteiger partial charge in [0.1, 0.15) is 30.5 Å². The van der Waals surface area contributed by atoms with Crippen molar-refractivity contribution in [1.29, 1.82) is 10.5 Å². The number of hydrogen-bond acceptors (Lipinski definition) is 15. The first kappa shape index (κ1) is 95.2. The van der Waals surface area contributed by atoms with Crippen molar-refractivity contribution in [3.8, 4) is 66.8 Å². The Kier molecular flexibility index (Phi) is 32.4. The second-order valence-electron chi connectivity index (χ2n) is 33.8. The number of para-hydroxylation sites is 1. The van der Waals surface area contributed by atoms with Crippen LogP contribution in [0.4, 0.5) is 21.5 Å². The van der Waals surface area contributed by atoms with Crippen LogP contribution in [0.1, 0.15) is 113 Å². The second kappa shape index (κ2) is 44.9. The van der Waals surface area contributed by atoms with E-state index in [0.717, 1.165) is 145 Å². The Morgan fingerprint density at radius 1 is 0.462 bits per heavy atom. The maximum Gasteiger partial charge on any atom is 0.253 e. The molecule has 25 heteroatoms. The van der Waals surface area contributed by atoms with Crippen molar-refractivity contribution in [3.63, 3.8) is 0 Å². The number of nitrogens with zero attached hydrogens (tertiary/aromatic N) is 6. The number of benzene rings is 11.